The quantitative estimate of drug-likeness (QED) is 0.612. The van der Waals surface area contributed by atoms with Crippen LogP contribution in [-0.4, -0.2) is 33.6 Å². The molecule has 2 aromatic heterocycles. The molecule has 0 saturated carbocycles. The van der Waals surface area contributed by atoms with Gasteiger partial charge in [-0.15, -0.1) is 12.4 Å². The molecule has 8 heteroatoms. The third kappa shape index (κ3) is 9.28. The van der Waals surface area contributed by atoms with E-state index < -0.39 is 5.97 Å². The lowest BCUT2D eigenvalue weighted by molar-refractivity contribution is 0.0518. The van der Waals surface area contributed by atoms with Crippen LogP contribution in [0.1, 0.15) is 58.7 Å². The Kier molecular flexibility index (Phi) is 11.6. The molecule has 0 aromatic carbocycles. The van der Waals surface area contributed by atoms with Gasteiger partial charge in [-0.2, -0.15) is 0 Å². The zero-order valence-corrected chi connectivity index (χ0v) is 19.1. The highest BCUT2D eigenvalue weighted by atomic mass is 79.9. The van der Waals surface area contributed by atoms with Gasteiger partial charge in [-0.05, 0) is 62.9 Å². The minimum atomic E-state index is -0.960. The summed E-state index contributed by atoms with van der Waals surface area (Å²) in [6, 6.07) is 7.06. The molecule has 2 rings (SSSR count). The maximum Gasteiger partial charge on any atom is 0.356 e. The summed E-state index contributed by atoms with van der Waals surface area (Å²) in [5, 5.41) is 8.81. The number of hydrogen-bond donors (Lipinski definition) is 1. The SMILES string of the molecule is CCOC(=O)c1cc(Br)cc(C)n1.Cc1cc(CC(C)C)cc(C(=O)O)n1.Cl. The summed E-state index contributed by atoms with van der Waals surface area (Å²) in [7, 11) is 0. The van der Waals surface area contributed by atoms with Crippen molar-refractivity contribution in [2.75, 3.05) is 6.61 Å². The van der Waals surface area contributed by atoms with Crippen LogP contribution >= 0.6 is 28.3 Å². The van der Waals surface area contributed by atoms with E-state index in [-0.39, 0.29) is 24.1 Å². The van der Waals surface area contributed by atoms with Crippen LogP contribution in [0.4, 0.5) is 0 Å². The molecule has 28 heavy (non-hydrogen) atoms. The fourth-order valence-electron chi connectivity index (χ4n) is 2.37. The smallest absolute Gasteiger partial charge is 0.356 e. The highest BCUT2D eigenvalue weighted by Gasteiger charge is 2.09. The standard InChI is InChI=1S/C11H15NO2.C9H10BrNO2.ClH/c1-7(2)4-9-5-8(3)12-10(6-9)11(13)14;1-3-13-9(12)8-5-7(10)4-6(2)11-8;/h5-7H,4H2,1-3H3,(H,13,14);4-5H,3H2,1-2H3;1H. The van der Waals surface area contributed by atoms with Crippen molar-refractivity contribution in [2.45, 2.75) is 41.0 Å². The first-order chi connectivity index (χ1) is 12.6. The van der Waals surface area contributed by atoms with E-state index in [0.717, 1.165) is 27.8 Å². The van der Waals surface area contributed by atoms with Crippen molar-refractivity contribution in [1.29, 1.82) is 0 Å². The highest BCUT2D eigenvalue weighted by molar-refractivity contribution is 9.10. The maximum atomic E-state index is 11.2. The lowest BCUT2D eigenvalue weighted by atomic mass is 10.0. The number of ether oxygens (including phenoxy) is 1. The highest BCUT2D eigenvalue weighted by Crippen LogP contribution is 2.13. The van der Waals surface area contributed by atoms with Gasteiger partial charge >= 0.3 is 11.9 Å². The number of rotatable bonds is 5. The molecule has 0 radical (unpaired) electrons. The molecule has 6 nitrogen and oxygen atoms in total. The predicted octanol–water partition coefficient (Wildman–Crippen LogP) is 5.04. The molecular formula is C20H26BrClN2O4. The van der Waals surface area contributed by atoms with Gasteiger partial charge in [0, 0.05) is 15.9 Å². The molecular weight excluding hydrogens is 448 g/mol. The number of carbonyl (C=O) groups is 2. The van der Waals surface area contributed by atoms with Gasteiger partial charge in [0.05, 0.1) is 6.61 Å². The Bertz CT molecular complexity index is 793. The van der Waals surface area contributed by atoms with E-state index in [2.05, 4.69) is 39.7 Å². The van der Waals surface area contributed by atoms with Crippen LogP contribution in [-0.2, 0) is 11.2 Å². The van der Waals surface area contributed by atoms with Crippen LogP contribution < -0.4 is 0 Å². The Balaban J connectivity index is 0.000000504. The normalized spacial score (nSPS) is 9.82. The van der Waals surface area contributed by atoms with Crippen molar-refractivity contribution >= 4 is 40.3 Å². The van der Waals surface area contributed by atoms with Gasteiger partial charge in [-0.25, -0.2) is 19.6 Å². The van der Waals surface area contributed by atoms with Crippen molar-refractivity contribution < 1.29 is 19.4 Å². The van der Waals surface area contributed by atoms with Gasteiger partial charge in [0.15, 0.2) is 0 Å². The van der Waals surface area contributed by atoms with Crippen LogP contribution in [0.15, 0.2) is 28.7 Å². The average molecular weight is 474 g/mol. The number of aromatic nitrogens is 2. The number of pyridine rings is 2. The molecule has 0 fully saturated rings. The topological polar surface area (TPSA) is 89.4 Å². The van der Waals surface area contributed by atoms with E-state index in [4.69, 9.17) is 9.84 Å². The first-order valence-corrected chi connectivity index (χ1v) is 9.43. The zero-order valence-electron chi connectivity index (χ0n) is 16.7. The third-order valence-corrected chi connectivity index (χ3v) is 3.74. The summed E-state index contributed by atoms with van der Waals surface area (Å²) in [4.78, 5) is 30.0. The minimum absolute atomic E-state index is 0. The second-order valence-electron chi connectivity index (χ2n) is 6.44. The molecule has 154 valence electrons. The van der Waals surface area contributed by atoms with Gasteiger partial charge in [-0.1, -0.05) is 29.8 Å². The molecule has 0 amide bonds. The summed E-state index contributed by atoms with van der Waals surface area (Å²) in [6.45, 7) is 9.99. The first-order valence-electron chi connectivity index (χ1n) is 8.64. The number of carboxylic acid groups (broad SMARTS) is 1. The molecule has 2 heterocycles. The molecule has 2 aromatic rings. The third-order valence-electron chi connectivity index (χ3n) is 3.28. The summed E-state index contributed by atoms with van der Waals surface area (Å²) in [5.74, 6) is -0.816. The van der Waals surface area contributed by atoms with Crippen molar-refractivity contribution in [3.8, 4) is 0 Å². The van der Waals surface area contributed by atoms with Crippen LogP contribution in [0.2, 0.25) is 0 Å². The molecule has 0 atom stereocenters. The Labute approximate surface area is 180 Å². The number of nitrogens with zero attached hydrogens (tertiary/aromatic N) is 2. The minimum Gasteiger partial charge on any atom is -0.477 e. The van der Waals surface area contributed by atoms with Crippen LogP contribution in [0.5, 0.6) is 0 Å². The zero-order chi connectivity index (χ0) is 20.6. The largest absolute Gasteiger partial charge is 0.477 e. The Morgan fingerprint density at radius 3 is 2.14 bits per heavy atom. The summed E-state index contributed by atoms with van der Waals surface area (Å²) in [5.41, 5.74) is 3.08. The fraction of sp³-hybridized carbons (Fsp3) is 0.400. The Hall–Kier alpha value is -1.99. The number of aromatic carboxylic acids is 1. The predicted molar refractivity (Wildman–Crippen MR) is 114 cm³/mol. The molecule has 1 N–H and O–H groups in total. The molecule has 0 aliphatic carbocycles. The molecule has 0 aliphatic rings. The lowest BCUT2D eigenvalue weighted by Crippen LogP contribution is -2.07. The Morgan fingerprint density at radius 2 is 1.64 bits per heavy atom. The maximum absolute atomic E-state index is 11.2. The second-order valence-corrected chi connectivity index (χ2v) is 7.35. The van der Waals surface area contributed by atoms with Crippen molar-refractivity contribution in [2.24, 2.45) is 5.92 Å². The summed E-state index contributed by atoms with van der Waals surface area (Å²) < 4.78 is 5.65. The molecule has 0 aliphatic heterocycles. The summed E-state index contributed by atoms with van der Waals surface area (Å²) in [6.07, 6.45) is 0.893. The van der Waals surface area contributed by atoms with Crippen molar-refractivity contribution in [3.63, 3.8) is 0 Å². The van der Waals surface area contributed by atoms with E-state index in [9.17, 15) is 9.59 Å². The molecule has 0 unspecified atom stereocenters. The van der Waals surface area contributed by atoms with E-state index >= 15 is 0 Å². The first kappa shape index (κ1) is 26.0. The van der Waals surface area contributed by atoms with Gasteiger partial charge in [0.2, 0.25) is 0 Å². The van der Waals surface area contributed by atoms with Crippen LogP contribution in [0.25, 0.3) is 0 Å². The van der Waals surface area contributed by atoms with Crippen LogP contribution in [0, 0.1) is 19.8 Å². The van der Waals surface area contributed by atoms with Gasteiger partial charge in [-0.3, -0.25) is 0 Å². The molecule has 0 saturated heterocycles. The van der Waals surface area contributed by atoms with E-state index in [1.165, 1.54) is 0 Å². The number of carboxylic acids is 1. The van der Waals surface area contributed by atoms with E-state index in [1.54, 1.807) is 19.1 Å². The number of aryl methyl sites for hydroxylation is 2. The summed E-state index contributed by atoms with van der Waals surface area (Å²) >= 11 is 3.28. The Morgan fingerprint density at radius 1 is 1.07 bits per heavy atom. The van der Waals surface area contributed by atoms with Crippen molar-refractivity contribution in [1.82, 2.24) is 9.97 Å². The van der Waals surface area contributed by atoms with Gasteiger partial charge in [0.1, 0.15) is 11.4 Å². The molecule has 0 bridgehead atoms. The number of esters is 1. The fourth-order valence-corrected chi connectivity index (χ4v) is 2.92. The van der Waals surface area contributed by atoms with Gasteiger partial charge in [0.25, 0.3) is 0 Å². The van der Waals surface area contributed by atoms with Crippen molar-refractivity contribution in [3.05, 3.63) is 57.1 Å². The number of carbonyl (C=O) groups excluding carboxylic acids is 1. The van der Waals surface area contributed by atoms with E-state index in [0.29, 0.717) is 18.2 Å². The van der Waals surface area contributed by atoms with E-state index in [1.807, 2.05) is 26.0 Å². The lowest BCUT2D eigenvalue weighted by Gasteiger charge is -2.06. The molecule has 0 spiro atoms. The number of halogens is 2. The average Bonchev–Trinajstić information content (AvgIpc) is 2.53. The van der Waals surface area contributed by atoms with Crippen LogP contribution in [0.3, 0.4) is 0 Å². The van der Waals surface area contributed by atoms with Gasteiger partial charge < -0.3 is 9.84 Å². The number of hydrogen-bond acceptors (Lipinski definition) is 5. The monoisotopic (exact) mass is 472 g/mol. The second kappa shape index (κ2) is 12.5.